The van der Waals surface area contributed by atoms with Crippen molar-refractivity contribution in [1.29, 1.82) is 0 Å². The van der Waals surface area contributed by atoms with Gasteiger partial charge in [-0.3, -0.25) is 0 Å². The number of thiophene rings is 1. The van der Waals surface area contributed by atoms with E-state index in [-0.39, 0.29) is 0 Å². The second kappa shape index (κ2) is 14.0. The molecule has 0 radical (unpaired) electrons. The van der Waals surface area contributed by atoms with Crippen LogP contribution in [0.25, 0.3) is 115 Å². The van der Waals surface area contributed by atoms with Gasteiger partial charge in [0.1, 0.15) is 0 Å². The summed E-state index contributed by atoms with van der Waals surface area (Å²) in [5.74, 6) is 1.87. The summed E-state index contributed by atoms with van der Waals surface area (Å²) >= 11 is 1.85. The molecule has 0 saturated carbocycles. The molecule has 0 bridgehead atoms. The van der Waals surface area contributed by atoms with Gasteiger partial charge in [-0.2, -0.15) is 0 Å². The van der Waals surface area contributed by atoms with Crippen LogP contribution in [-0.4, -0.2) is 19.5 Å². The highest BCUT2D eigenvalue weighted by molar-refractivity contribution is 7.26. The molecule has 5 heteroatoms. The molecule has 3 aromatic heterocycles. The lowest BCUT2D eigenvalue weighted by Crippen LogP contribution is -2.02. The highest BCUT2D eigenvalue weighted by Gasteiger charge is 2.20. The van der Waals surface area contributed by atoms with Crippen molar-refractivity contribution in [3.05, 3.63) is 206 Å². The third-order valence-electron chi connectivity index (χ3n) is 11.7. The highest BCUT2D eigenvalue weighted by atomic mass is 32.1. The molecular formula is C55H34N4S. The quantitative estimate of drug-likeness (QED) is 0.169. The van der Waals surface area contributed by atoms with E-state index >= 15 is 0 Å². The number of rotatable bonds is 6. The molecule has 3 heterocycles. The van der Waals surface area contributed by atoms with Crippen molar-refractivity contribution in [1.82, 2.24) is 19.5 Å². The van der Waals surface area contributed by atoms with E-state index in [0.717, 1.165) is 44.6 Å². The number of fused-ring (bicyclic) bond motifs is 8. The summed E-state index contributed by atoms with van der Waals surface area (Å²) in [6.45, 7) is 0. The Labute approximate surface area is 350 Å². The molecule has 280 valence electrons. The van der Waals surface area contributed by atoms with Crippen LogP contribution in [0.4, 0.5) is 0 Å². The molecular weight excluding hydrogens is 749 g/mol. The predicted molar refractivity (Wildman–Crippen MR) is 252 cm³/mol. The van der Waals surface area contributed by atoms with Gasteiger partial charge in [0, 0.05) is 58.6 Å². The molecule has 0 amide bonds. The maximum atomic E-state index is 5.25. The van der Waals surface area contributed by atoms with Crippen LogP contribution in [0.15, 0.2) is 206 Å². The molecule has 0 aliphatic heterocycles. The molecule has 0 atom stereocenters. The zero-order chi connectivity index (χ0) is 39.6. The van der Waals surface area contributed by atoms with Gasteiger partial charge in [-0.15, -0.1) is 11.3 Å². The minimum Gasteiger partial charge on any atom is -0.308 e. The molecule has 60 heavy (non-hydrogen) atoms. The van der Waals surface area contributed by atoms with E-state index in [4.69, 9.17) is 15.0 Å². The summed E-state index contributed by atoms with van der Waals surface area (Å²) in [5, 5.41) is 7.43. The number of aromatic nitrogens is 4. The van der Waals surface area contributed by atoms with Crippen LogP contribution >= 0.6 is 11.3 Å². The Kier molecular flexibility index (Phi) is 8.00. The molecule has 0 aliphatic rings. The lowest BCUT2D eigenvalue weighted by atomic mass is 10.00. The van der Waals surface area contributed by atoms with Gasteiger partial charge < -0.3 is 4.57 Å². The molecule has 0 spiro atoms. The Bertz CT molecular complexity index is 3590. The Morgan fingerprint density at radius 2 is 0.917 bits per heavy atom. The molecule has 9 aromatic carbocycles. The second-order valence-corrected chi connectivity index (χ2v) is 16.2. The normalized spacial score (nSPS) is 11.7. The van der Waals surface area contributed by atoms with Gasteiger partial charge in [0.05, 0.1) is 16.7 Å². The van der Waals surface area contributed by atoms with Crippen LogP contribution in [0.2, 0.25) is 0 Å². The van der Waals surface area contributed by atoms with E-state index < -0.39 is 0 Å². The molecule has 0 saturated heterocycles. The lowest BCUT2D eigenvalue weighted by molar-refractivity contribution is 1.07. The van der Waals surface area contributed by atoms with Crippen LogP contribution in [-0.2, 0) is 0 Å². The van der Waals surface area contributed by atoms with E-state index in [0.29, 0.717) is 17.5 Å². The van der Waals surface area contributed by atoms with Crippen LogP contribution in [0, 0.1) is 0 Å². The first-order valence-corrected chi connectivity index (χ1v) is 21.0. The Morgan fingerprint density at radius 3 is 1.70 bits per heavy atom. The lowest BCUT2D eigenvalue weighted by Gasteiger charge is -2.17. The monoisotopic (exact) mass is 782 g/mol. The van der Waals surface area contributed by atoms with Gasteiger partial charge in [0.2, 0.25) is 0 Å². The smallest absolute Gasteiger partial charge is 0.164 e. The van der Waals surface area contributed by atoms with Gasteiger partial charge in [-0.25, -0.2) is 15.0 Å². The summed E-state index contributed by atoms with van der Waals surface area (Å²) in [6.07, 6.45) is 0. The van der Waals surface area contributed by atoms with E-state index in [2.05, 4.69) is 193 Å². The van der Waals surface area contributed by atoms with Crippen molar-refractivity contribution in [2.45, 2.75) is 0 Å². The molecule has 0 fully saturated rings. The van der Waals surface area contributed by atoms with Crippen LogP contribution in [0.1, 0.15) is 0 Å². The fourth-order valence-electron chi connectivity index (χ4n) is 8.82. The van der Waals surface area contributed by atoms with Crippen molar-refractivity contribution in [2.24, 2.45) is 0 Å². The van der Waals surface area contributed by atoms with Crippen molar-refractivity contribution >= 4 is 64.1 Å². The second-order valence-electron chi connectivity index (χ2n) is 15.2. The largest absolute Gasteiger partial charge is 0.308 e. The summed E-state index contributed by atoms with van der Waals surface area (Å²) in [7, 11) is 0. The van der Waals surface area contributed by atoms with Crippen molar-refractivity contribution in [2.75, 3.05) is 0 Å². The third-order valence-corrected chi connectivity index (χ3v) is 12.9. The Balaban J connectivity index is 1.06. The number of hydrogen-bond donors (Lipinski definition) is 0. The fraction of sp³-hybridized carbons (Fsp3) is 0. The molecule has 4 nitrogen and oxygen atoms in total. The zero-order valence-electron chi connectivity index (χ0n) is 32.3. The maximum Gasteiger partial charge on any atom is 0.164 e. The van der Waals surface area contributed by atoms with Crippen LogP contribution < -0.4 is 0 Å². The van der Waals surface area contributed by atoms with Gasteiger partial charge in [0.25, 0.3) is 0 Å². The first-order valence-electron chi connectivity index (χ1n) is 20.2. The minimum absolute atomic E-state index is 0.615. The van der Waals surface area contributed by atoms with Gasteiger partial charge >= 0.3 is 0 Å². The molecule has 12 aromatic rings. The van der Waals surface area contributed by atoms with Crippen molar-refractivity contribution in [3.8, 4) is 62.1 Å². The first-order chi connectivity index (χ1) is 29.7. The number of nitrogens with zero attached hydrogens (tertiary/aromatic N) is 4. The average Bonchev–Trinajstić information content (AvgIpc) is 3.88. The van der Waals surface area contributed by atoms with Crippen molar-refractivity contribution < 1.29 is 0 Å². The fourth-order valence-corrected chi connectivity index (χ4v) is 10.1. The van der Waals surface area contributed by atoms with Crippen molar-refractivity contribution in [3.63, 3.8) is 0 Å². The minimum atomic E-state index is 0.615. The number of benzene rings is 9. The summed E-state index contributed by atoms with van der Waals surface area (Å²) in [6, 6.07) is 73.3. The zero-order valence-corrected chi connectivity index (χ0v) is 33.1. The standard InChI is InChI=1S/C55H34N4S/c1-3-14-35(15-4-1)41-32-31-40(34-49(41)59-48-24-11-9-20-44(48)46-33-30-36-16-7-8-19-42(36)51(46)59)55-57-53(38-17-5-2-6-18-38)56-54(58-55)39-28-26-37(27-29-39)43-22-13-23-47-45-21-10-12-25-50(45)60-52(43)47/h1-34H. The average molecular weight is 783 g/mol. The van der Waals surface area contributed by atoms with E-state index in [1.54, 1.807) is 0 Å². The maximum absolute atomic E-state index is 5.25. The van der Waals surface area contributed by atoms with Gasteiger partial charge in [-0.05, 0) is 40.3 Å². The van der Waals surface area contributed by atoms with E-state index in [1.165, 1.54) is 52.8 Å². The summed E-state index contributed by atoms with van der Waals surface area (Å²) < 4.78 is 5.04. The summed E-state index contributed by atoms with van der Waals surface area (Å²) in [5.41, 5.74) is 10.8. The first kappa shape index (κ1) is 34.3. The molecule has 0 N–H and O–H groups in total. The van der Waals surface area contributed by atoms with Gasteiger partial charge in [-0.1, -0.05) is 188 Å². The number of hydrogen-bond acceptors (Lipinski definition) is 4. The van der Waals surface area contributed by atoms with Crippen LogP contribution in [0.3, 0.4) is 0 Å². The molecule has 0 unspecified atom stereocenters. The van der Waals surface area contributed by atoms with E-state index in [1.807, 2.05) is 29.5 Å². The SMILES string of the molecule is c1ccc(-c2nc(-c3ccc(-c4cccc5c4sc4ccccc45)cc3)nc(-c3ccc(-c4ccccc4)c(-n4c5ccccc5c5ccc6ccccc6c54)c3)n2)cc1. The van der Waals surface area contributed by atoms with Crippen LogP contribution in [0.5, 0.6) is 0 Å². The number of para-hydroxylation sites is 1. The third kappa shape index (κ3) is 5.63. The van der Waals surface area contributed by atoms with Gasteiger partial charge in [0.15, 0.2) is 17.5 Å². The molecule has 0 aliphatic carbocycles. The molecule has 12 rings (SSSR count). The summed E-state index contributed by atoms with van der Waals surface area (Å²) in [4.78, 5) is 15.5. The topological polar surface area (TPSA) is 43.6 Å². The Morgan fingerprint density at radius 1 is 0.350 bits per heavy atom. The van der Waals surface area contributed by atoms with E-state index in [9.17, 15) is 0 Å². The predicted octanol–water partition coefficient (Wildman–Crippen LogP) is 14.8. The highest BCUT2D eigenvalue weighted by Crippen LogP contribution is 2.42. The Hall–Kier alpha value is -7.73.